The Hall–Kier alpha value is -3.79. The van der Waals surface area contributed by atoms with Crippen molar-refractivity contribution in [3.05, 3.63) is 93.8 Å². The van der Waals surface area contributed by atoms with Crippen molar-refractivity contribution in [2.75, 3.05) is 19.7 Å². The zero-order valence-electron chi connectivity index (χ0n) is 22.9. The summed E-state index contributed by atoms with van der Waals surface area (Å²) in [5, 5.41) is 9.78. The number of carboxylic acid groups (broad SMARTS) is 1. The predicted molar refractivity (Wildman–Crippen MR) is 156 cm³/mol. The van der Waals surface area contributed by atoms with Crippen LogP contribution >= 0.6 is 11.6 Å². The molecular formula is C32H30ClFN4O4. The van der Waals surface area contributed by atoms with Gasteiger partial charge >= 0.3 is 5.97 Å². The van der Waals surface area contributed by atoms with E-state index >= 15 is 0 Å². The first kappa shape index (κ1) is 27.1. The lowest BCUT2D eigenvalue weighted by molar-refractivity contribution is -0.0592. The van der Waals surface area contributed by atoms with Crippen LogP contribution in [-0.2, 0) is 17.8 Å². The van der Waals surface area contributed by atoms with Gasteiger partial charge in [0.25, 0.3) is 0 Å². The molecule has 7 rings (SSSR count). The van der Waals surface area contributed by atoms with Crippen LogP contribution in [0.15, 0.2) is 54.7 Å². The molecule has 2 saturated heterocycles. The summed E-state index contributed by atoms with van der Waals surface area (Å²) >= 11 is 5.91. The van der Waals surface area contributed by atoms with Crippen LogP contribution in [0.1, 0.15) is 64.3 Å². The SMILES string of the molecule is O=C(O)c1ccc2nc(CN3CCC(c4cccc5c4OC(c4ncc(Cl)cc4F)C=C5)CC3)n(CC3CCO3)c2c1. The molecule has 2 aromatic carbocycles. The van der Waals surface area contributed by atoms with E-state index in [0.29, 0.717) is 19.0 Å². The van der Waals surface area contributed by atoms with E-state index in [9.17, 15) is 14.3 Å². The lowest BCUT2D eigenvalue weighted by Crippen LogP contribution is -2.35. The Bertz CT molecular complexity index is 1690. The smallest absolute Gasteiger partial charge is 0.335 e. The Kier molecular flexibility index (Phi) is 7.17. The number of imidazole rings is 1. The van der Waals surface area contributed by atoms with Crippen LogP contribution in [0.3, 0.4) is 0 Å². The zero-order valence-corrected chi connectivity index (χ0v) is 23.6. The van der Waals surface area contributed by atoms with E-state index in [1.165, 1.54) is 12.3 Å². The van der Waals surface area contributed by atoms with Crippen LogP contribution < -0.4 is 4.74 Å². The first-order chi connectivity index (χ1) is 20.4. The molecule has 2 atom stereocenters. The molecular weight excluding hydrogens is 559 g/mol. The van der Waals surface area contributed by atoms with Crippen molar-refractivity contribution in [2.24, 2.45) is 0 Å². The second-order valence-electron chi connectivity index (χ2n) is 11.2. The molecule has 10 heteroatoms. The van der Waals surface area contributed by atoms with E-state index in [1.54, 1.807) is 18.2 Å². The molecule has 2 fully saturated rings. The number of fused-ring (bicyclic) bond motifs is 2. The number of piperidine rings is 1. The van der Waals surface area contributed by atoms with Gasteiger partial charge in [-0.25, -0.2) is 14.2 Å². The largest absolute Gasteiger partial charge is 0.479 e. The fraction of sp³-hybridized carbons (Fsp3) is 0.344. The van der Waals surface area contributed by atoms with Crippen LogP contribution in [-0.4, -0.2) is 56.3 Å². The number of ether oxygens (including phenoxy) is 2. The van der Waals surface area contributed by atoms with Gasteiger partial charge in [0, 0.05) is 18.4 Å². The van der Waals surface area contributed by atoms with Crippen LogP contribution in [0.2, 0.25) is 5.02 Å². The topological polar surface area (TPSA) is 89.7 Å². The number of aromatic carboxylic acids is 1. The Balaban J connectivity index is 1.08. The number of carbonyl (C=O) groups is 1. The van der Waals surface area contributed by atoms with Crippen LogP contribution in [0.25, 0.3) is 17.1 Å². The van der Waals surface area contributed by atoms with Crippen LogP contribution in [0, 0.1) is 5.82 Å². The maximum absolute atomic E-state index is 14.6. The number of para-hydroxylation sites is 1. The highest BCUT2D eigenvalue weighted by molar-refractivity contribution is 6.30. The number of carboxylic acids is 1. The number of rotatable bonds is 7. The summed E-state index contributed by atoms with van der Waals surface area (Å²) in [6.45, 7) is 3.85. The van der Waals surface area contributed by atoms with Gasteiger partial charge in [0.15, 0.2) is 6.10 Å². The maximum atomic E-state index is 14.6. The molecule has 0 aliphatic carbocycles. The highest BCUT2D eigenvalue weighted by atomic mass is 35.5. The van der Waals surface area contributed by atoms with Crippen molar-refractivity contribution in [1.82, 2.24) is 19.4 Å². The van der Waals surface area contributed by atoms with Gasteiger partial charge in [-0.3, -0.25) is 9.88 Å². The summed E-state index contributed by atoms with van der Waals surface area (Å²) in [7, 11) is 0. The van der Waals surface area contributed by atoms with Crippen molar-refractivity contribution in [3.63, 3.8) is 0 Å². The number of likely N-dealkylation sites (tertiary alicyclic amines) is 1. The average Bonchev–Trinajstić information content (AvgIpc) is 3.30. The van der Waals surface area contributed by atoms with E-state index in [2.05, 4.69) is 20.5 Å². The minimum atomic E-state index is -0.948. The molecule has 0 radical (unpaired) electrons. The van der Waals surface area contributed by atoms with Gasteiger partial charge in [-0.1, -0.05) is 35.9 Å². The van der Waals surface area contributed by atoms with Crippen LogP contribution in [0.5, 0.6) is 5.75 Å². The third kappa shape index (κ3) is 5.17. The monoisotopic (exact) mass is 588 g/mol. The van der Waals surface area contributed by atoms with Gasteiger partial charge in [-0.15, -0.1) is 0 Å². The minimum absolute atomic E-state index is 0.124. The van der Waals surface area contributed by atoms with Crippen molar-refractivity contribution in [3.8, 4) is 5.75 Å². The van der Waals surface area contributed by atoms with Gasteiger partial charge in [0.1, 0.15) is 23.1 Å². The third-order valence-electron chi connectivity index (χ3n) is 8.52. The highest BCUT2D eigenvalue weighted by Gasteiger charge is 2.29. The standard InChI is InChI=1S/C32H30ClFN4O4/c33-22-15-25(34)30(35-16-22)28-7-5-20-2-1-3-24(31(20)42-28)19-8-11-37(12-9-19)18-29-36-26-6-4-21(32(39)40)14-27(26)38(29)17-23-10-13-41-23/h1-7,14-16,19,23,28H,8-13,17-18H2,(H,39,40). The molecule has 8 nitrogen and oxygen atoms in total. The van der Waals surface area contributed by atoms with Crippen LogP contribution in [0.4, 0.5) is 4.39 Å². The van der Waals surface area contributed by atoms with Gasteiger partial charge in [0.05, 0.1) is 40.8 Å². The quantitative estimate of drug-likeness (QED) is 0.273. The lowest BCUT2D eigenvalue weighted by atomic mass is 9.87. The van der Waals surface area contributed by atoms with E-state index in [0.717, 1.165) is 72.7 Å². The summed E-state index contributed by atoms with van der Waals surface area (Å²) in [6, 6.07) is 12.5. The van der Waals surface area contributed by atoms with Gasteiger partial charge < -0.3 is 19.1 Å². The third-order valence-corrected chi connectivity index (χ3v) is 8.73. The first-order valence-electron chi connectivity index (χ1n) is 14.3. The fourth-order valence-electron chi connectivity index (χ4n) is 6.17. The molecule has 3 aliphatic heterocycles. The first-order valence-corrected chi connectivity index (χ1v) is 14.7. The van der Waals surface area contributed by atoms with E-state index in [1.807, 2.05) is 24.3 Å². The number of hydrogen-bond acceptors (Lipinski definition) is 6. The molecule has 0 saturated carbocycles. The van der Waals surface area contributed by atoms with Gasteiger partial charge in [-0.2, -0.15) is 0 Å². The number of benzene rings is 2. The summed E-state index contributed by atoms with van der Waals surface area (Å²) in [5.74, 6) is 0.576. The van der Waals surface area contributed by atoms with Crippen molar-refractivity contribution in [2.45, 2.75) is 50.5 Å². The molecule has 3 aliphatic rings. The predicted octanol–water partition coefficient (Wildman–Crippen LogP) is 6.24. The Morgan fingerprint density at radius 1 is 1.14 bits per heavy atom. The number of halogens is 2. The maximum Gasteiger partial charge on any atom is 0.335 e. The van der Waals surface area contributed by atoms with E-state index in [4.69, 9.17) is 26.1 Å². The summed E-state index contributed by atoms with van der Waals surface area (Å²) in [4.78, 5) is 23.1. The zero-order chi connectivity index (χ0) is 28.8. The van der Waals surface area contributed by atoms with Crippen molar-refractivity contribution < 1.29 is 23.8 Å². The molecule has 0 amide bonds. The molecule has 216 valence electrons. The normalized spacial score (nSPS) is 20.7. The second kappa shape index (κ2) is 11.1. The van der Waals surface area contributed by atoms with Gasteiger partial charge in [-0.05, 0) is 74.2 Å². The number of hydrogen-bond donors (Lipinski definition) is 1. The molecule has 0 bridgehead atoms. The minimum Gasteiger partial charge on any atom is -0.479 e. The summed E-state index contributed by atoms with van der Waals surface area (Å²) in [6.07, 6.45) is 7.62. The van der Waals surface area contributed by atoms with Crippen molar-refractivity contribution in [1.29, 1.82) is 0 Å². The molecule has 1 N–H and O–H groups in total. The van der Waals surface area contributed by atoms with E-state index < -0.39 is 17.9 Å². The van der Waals surface area contributed by atoms with Gasteiger partial charge in [0.2, 0.25) is 0 Å². The Labute approximate surface area is 247 Å². The fourth-order valence-corrected chi connectivity index (χ4v) is 6.31. The lowest BCUT2D eigenvalue weighted by Gasteiger charge is -2.34. The molecule has 42 heavy (non-hydrogen) atoms. The molecule has 0 spiro atoms. The van der Waals surface area contributed by atoms with E-state index in [-0.39, 0.29) is 22.4 Å². The summed E-state index contributed by atoms with van der Waals surface area (Å²) in [5.41, 5.74) is 4.21. The molecule has 2 aromatic heterocycles. The number of nitrogens with zero attached hydrogens (tertiary/aromatic N) is 4. The Morgan fingerprint density at radius 3 is 2.71 bits per heavy atom. The van der Waals surface area contributed by atoms with Crippen molar-refractivity contribution >= 4 is 34.7 Å². The highest BCUT2D eigenvalue weighted by Crippen LogP contribution is 2.42. The molecule has 2 unspecified atom stereocenters. The average molecular weight is 589 g/mol. The Morgan fingerprint density at radius 2 is 1.98 bits per heavy atom. The molecule has 5 heterocycles. The number of aromatic nitrogens is 3. The second-order valence-corrected chi connectivity index (χ2v) is 11.6. The summed E-state index contributed by atoms with van der Waals surface area (Å²) < 4.78 is 28.8. The molecule has 4 aromatic rings. The number of pyridine rings is 1.